The summed E-state index contributed by atoms with van der Waals surface area (Å²) in [6.07, 6.45) is 1.84. The number of aromatic nitrogens is 1. The largest absolute Gasteiger partial charge is 0.459 e. The van der Waals surface area contributed by atoms with Crippen LogP contribution in [0.2, 0.25) is 0 Å². The highest BCUT2D eigenvalue weighted by Gasteiger charge is 2.39. The Morgan fingerprint density at radius 2 is 1.93 bits per heavy atom. The highest BCUT2D eigenvalue weighted by Crippen LogP contribution is 2.31. The Morgan fingerprint density at radius 3 is 2.48 bits per heavy atom. The van der Waals surface area contributed by atoms with E-state index in [-0.39, 0.29) is 10.3 Å². The molecule has 2 atom stereocenters. The first-order chi connectivity index (χ1) is 13.8. The van der Waals surface area contributed by atoms with Gasteiger partial charge in [0.2, 0.25) is 0 Å². The van der Waals surface area contributed by atoms with Crippen molar-refractivity contribution in [3.8, 4) is 0 Å². The van der Waals surface area contributed by atoms with Crippen LogP contribution in [0, 0.1) is 19.8 Å². The van der Waals surface area contributed by atoms with Gasteiger partial charge in [-0.15, -0.1) is 11.3 Å². The van der Waals surface area contributed by atoms with Gasteiger partial charge in [-0.2, -0.15) is 4.72 Å². The molecular formula is C20H25N3O4S2. The lowest BCUT2D eigenvalue weighted by molar-refractivity contribution is -0.161. The highest BCUT2D eigenvalue weighted by atomic mass is 32.2. The van der Waals surface area contributed by atoms with Crippen LogP contribution in [-0.4, -0.2) is 50.0 Å². The third-order valence-electron chi connectivity index (χ3n) is 5.61. The van der Waals surface area contributed by atoms with Gasteiger partial charge < -0.3 is 4.74 Å². The maximum atomic E-state index is 13.1. The summed E-state index contributed by atoms with van der Waals surface area (Å²) < 4.78 is 34.6. The van der Waals surface area contributed by atoms with Crippen molar-refractivity contribution >= 4 is 27.3 Å². The van der Waals surface area contributed by atoms with Crippen molar-refractivity contribution in [2.24, 2.45) is 5.92 Å². The summed E-state index contributed by atoms with van der Waals surface area (Å²) in [5, 5.41) is 0.661. The number of hydrogen-bond donors (Lipinski definition) is 1. The number of ether oxygens (including phenoxy) is 1. The van der Waals surface area contributed by atoms with Crippen molar-refractivity contribution in [2.45, 2.75) is 43.0 Å². The van der Waals surface area contributed by atoms with Gasteiger partial charge in [0.25, 0.3) is 10.0 Å². The Labute approximate surface area is 175 Å². The highest BCUT2D eigenvalue weighted by molar-refractivity contribution is 7.91. The normalized spacial score (nSPS) is 25.0. The number of nitrogens with one attached hydrogen (secondary N) is 1. The van der Waals surface area contributed by atoms with E-state index in [4.69, 9.17) is 4.74 Å². The number of aryl methyl sites for hydroxylation is 2. The number of sulfonamides is 1. The van der Waals surface area contributed by atoms with Crippen molar-refractivity contribution in [2.75, 3.05) is 19.6 Å². The van der Waals surface area contributed by atoms with Gasteiger partial charge in [0.15, 0.2) is 4.21 Å². The Balaban J connectivity index is 1.58. The molecule has 0 aliphatic carbocycles. The number of piperidine rings is 3. The van der Waals surface area contributed by atoms with Gasteiger partial charge in [-0.25, -0.2) is 18.2 Å². The van der Waals surface area contributed by atoms with Crippen molar-refractivity contribution in [3.63, 3.8) is 0 Å². The molecule has 7 nitrogen and oxygen atoms in total. The minimum Gasteiger partial charge on any atom is -0.459 e. The first-order valence-corrected chi connectivity index (χ1v) is 12.1. The van der Waals surface area contributed by atoms with Gasteiger partial charge in [-0.3, -0.25) is 4.90 Å². The van der Waals surface area contributed by atoms with Gasteiger partial charge in [0.05, 0.1) is 10.7 Å². The number of hydrogen-bond acceptors (Lipinski definition) is 7. The van der Waals surface area contributed by atoms with Gasteiger partial charge in [-0.1, -0.05) is 30.3 Å². The number of nitrogens with zero attached hydrogens (tertiary/aromatic N) is 2. The molecule has 3 aliphatic heterocycles. The molecule has 4 heterocycles. The molecule has 0 radical (unpaired) electrons. The number of benzene rings is 1. The van der Waals surface area contributed by atoms with Crippen molar-refractivity contribution < 1.29 is 17.9 Å². The molecule has 1 aromatic carbocycles. The molecule has 3 aliphatic rings. The average Bonchev–Trinajstić information content (AvgIpc) is 3.07. The van der Waals surface area contributed by atoms with Crippen LogP contribution in [0.3, 0.4) is 0 Å². The lowest BCUT2D eigenvalue weighted by Crippen LogP contribution is -2.52. The summed E-state index contributed by atoms with van der Waals surface area (Å²) in [6.45, 7) is 6.21. The Morgan fingerprint density at radius 1 is 1.24 bits per heavy atom. The second-order valence-corrected chi connectivity index (χ2v) is 10.8. The van der Waals surface area contributed by atoms with Crippen molar-refractivity contribution in [1.82, 2.24) is 14.6 Å². The maximum Gasteiger partial charge on any atom is 0.329 e. The standard InChI is InChI=1S/C20H25N3O4S2/c1-13-20(28-14(2)21-13)29(25,26)22-18(16-6-4-3-5-7-16)19(24)27-17-12-23-10-8-15(17)9-11-23/h3-7,15,17-18,22H,8-12H2,1-2H3. The average molecular weight is 436 g/mol. The van der Waals surface area contributed by atoms with Crippen LogP contribution in [0.15, 0.2) is 34.5 Å². The molecule has 1 aromatic heterocycles. The predicted octanol–water partition coefficient (Wildman–Crippen LogP) is 2.42. The Kier molecular flexibility index (Phi) is 5.74. The number of esters is 1. The first-order valence-electron chi connectivity index (χ1n) is 9.77. The summed E-state index contributed by atoms with van der Waals surface area (Å²) in [6, 6.07) is 7.75. The monoisotopic (exact) mass is 435 g/mol. The summed E-state index contributed by atoms with van der Waals surface area (Å²) >= 11 is 1.10. The van der Waals surface area contributed by atoms with Crippen LogP contribution < -0.4 is 4.72 Å². The van der Waals surface area contributed by atoms with Crippen LogP contribution >= 0.6 is 11.3 Å². The van der Waals surface area contributed by atoms with E-state index < -0.39 is 22.0 Å². The van der Waals surface area contributed by atoms with E-state index in [0.717, 1.165) is 43.8 Å². The van der Waals surface area contributed by atoms with Crippen LogP contribution in [0.25, 0.3) is 0 Å². The molecule has 0 saturated carbocycles. The lowest BCUT2D eigenvalue weighted by atomic mass is 9.86. The fraction of sp³-hybridized carbons (Fsp3) is 0.500. The molecule has 0 spiro atoms. The smallest absolute Gasteiger partial charge is 0.329 e. The summed E-state index contributed by atoms with van der Waals surface area (Å²) in [7, 11) is -3.92. The minimum absolute atomic E-state index is 0.131. The third-order valence-corrected chi connectivity index (χ3v) is 8.72. The molecule has 156 valence electrons. The first kappa shape index (κ1) is 20.5. The fourth-order valence-electron chi connectivity index (χ4n) is 4.13. The number of carbonyl (C=O) groups is 1. The molecule has 3 fully saturated rings. The van der Waals surface area contributed by atoms with E-state index in [1.165, 1.54) is 0 Å². The van der Waals surface area contributed by atoms with Crippen LogP contribution in [0.1, 0.15) is 35.1 Å². The van der Waals surface area contributed by atoms with Gasteiger partial charge in [0, 0.05) is 6.54 Å². The van der Waals surface area contributed by atoms with E-state index in [9.17, 15) is 13.2 Å². The van der Waals surface area contributed by atoms with Crippen LogP contribution in [0.5, 0.6) is 0 Å². The summed E-state index contributed by atoms with van der Waals surface area (Å²) in [5.41, 5.74) is 0.985. The second kappa shape index (κ2) is 8.14. The van der Waals surface area contributed by atoms with Gasteiger partial charge in [0.1, 0.15) is 12.1 Å². The molecule has 29 heavy (non-hydrogen) atoms. The van der Waals surface area contributed by atoms with E-state index in [2.05, 4.69) is 14.6 Å². The molecule has 2 bridgehead atoms. The SMILES string of the molecule is Cc1nc(C)c(S(=O)(=O)NC(C(=O)OC2CN3CCC2CC3)c2ccccc2)s1. The fourth-order valence-corrected chi connectivity index (χ4v) is 6.80. The zero-order valence-corrected chi connectivity index (χ0v) is 18.1. The third kappa shape index (κ3) is 4.37. The maximum absolute atomic E-state index is 13.1. The van der Waals surface area contributed by atoms with Crippen LogP contribution in [0.4, 0.5) is 0 Å². The van der Waals surface area contributed by atoms with Gasteiger partial charge >= 0.3 is 5.97 Å². The quantitative estimate of drug-likeness (QED) is 0.701. The molecule has 2 unspecified atom stereocenters. The zero-order chi connectivity index (χ0) is 20.6. The van der Waals surface area contributed by atoms with Crippen LogP contribution in [-0.2, 0) is 19.6 Å². The Bertz CT molecular complexity index is 982. The molecule has 0 amide bonds. The van der Waals surface area contributed by atoms with Crippen molar-refractivity contribution in [1.29, 1.82) is 0 Å². The molecule has 2 aromatic rings. The molecular weight excluding hydrogens is 410 g/mol. The van der Waals surface area contributed by atoms with Crippen molar-refractivity contribution in [3.05, 3.63) is 46.6 Å². The molecule has 1 N–H and O–H groups in total. The lowest BCUT2D eigenvalue weighted by Gasteiger charge is -2.44. The zero-order valence-electron chi connectivity index (χ0n) is 16.5. The Hall–Kier alpha value is -1.81. The summed E-state index contributed by atoms with van der Waals surface area (Å²) in [4.78, 5) is 19.6. The number of rotatable bonds is 6. The number of thiazole rings is 1. The predicted molar refractivity (Wildman–Crippen MR) is 110 cm³/mol. The molecule has 9 heteroatoms. The van der Waals surface area contributed by atoms with E-state index in [0.29, 0.717) is 22.2 Å². The van der Waals surface area contributed by atoms with E-state index in [1.54, 1.807) is 38.1 Å². The van der Waals surface area contributed by atoms with Gasteiger partial charge in [-0.05, 0) is 51.3 Å². The molecule has 3 saturated heterocycles. The molecule has 5 rings (SSSR count). The number of carbonyl (C=O) groups excluding carboxylic acids is 1. The topological polar surface area (TPSA) is 88.6 Å². The minimum atomic E-state index is -3.92. The number of fused-ring (bicyclic) bond motifs is 3. The second-order valence-electron chi connectivity index (χ2n) is 7.68. The van der Waals surface area contributed by atoms with E-state index >= 15 is 0 Å². The van der Waals surface area contributed by atoms with E-state index in [1.807, 2.05) is 6.07 Å². The summed E-state index contributed by atoms with van der Waals surface area (Å²) in [5.74, 6) is -0.208.